The minimum absolute atomic E-state index is 0.380. The van der Waals surface area contributed by atoms with Gasteiger partial charge in [0.1, 0.15) is 0 Å². The first kappa shape index (κ1) is 15.5. The van der Waals surface area contributed by atoms with Gasteiger partial charge in [0, 0.05) is 12.0 Å². The Morgan fingerprint density at radius 3 is 2.71 bits per heavy atom. The van der Waals surface area contributed by atoms with E-state index in [9.17, 15) is 0 Å². The highest BCUT2D eigenvalue weighted by atomic mass is 32.1. The van der Waals surface area contributed by atoms with E-state index in [2.05, 4.69) is 20.9 Å². The zero-order valence-electron chi connectivity index (χ0n) is 13.1. The maximum absolute atomic E-state index is 5.36. The van der Waals surface area contributed by atoms with Crippen molar-refractivity contribution < 1.29 is 0 Å². The molecule has 2 aliphatic heterocycles. The fraction of sp³-hybridized carbons (Fsp3) is 0.938. The first-order valence-corrected chi connectivity index (χ1v) is 9.26. The summed E-state index contributed by atoms with van der Waals surface area (Å²) in [6, 6.07) is 0.590. The van der Waals surface area contributed by atoms with Crippen LogP contribution in [-0.2, 0) is 0 Å². The Morgan fingerprint density at radius 1 is 1.05 bits per heavy atom. The van der Waals surface area contributed by atoms with Crippen molar-refractivity contribution in [1.82, 2.24) is 20.9 Å². The molecule has 0 radical (unpaired) electrons. The molecule has 21 heavy (non-hydrogen) atoms. The average Bonchev–Trinajstić information content (AvgIpc) is 2.52. The van der Waals surface area contributed by atoms with Gasteiger partial charge < -0.3 is 15.5 Å². The van der Waals surface area contributed by atoms with Crippen molar-refractivity contribution in [2.24, 2.45) is 5.92 Å². The highest BCUT2D eigenvalue weighted by Gasteiger charge is 2.35. The Labute approximate surface area is 134 Å². The molecule has 3 atom stereocenters. The van der Waals surface area contributed by atoms with Crippen LogP contribution in [0.15, 0.2) is 0 Å². The molecule has 3 N–H and O–H groups in total. The zero-order valence-corrected chi connectivity index (χ0v) is 13.9. The van der Waals surface area contributed by atoms with Gasteiger partial charge in [-0.25, -0.2) is 0 Å². The molecule has 0 spiro atoms. The number of rotatable bonds is 5. The van der Waals surface area contributed by atoms with Gasteiger partial charge >= 0.3 is 0 Å². The molecular weight excluding hydrogens is 280 g/mol. The molecule has 3 fully saturated rings. The summed E-state index contributed by atoms with van der Waals surface area (Å²) in [5, 5.41) is 11.5. The third-order valence-corrected chi connectivity index (χ3v) is 5.55. The van der Waals surface area contributed by atoms with E-state index < -0.39 is 0 Å². The summed E-state index contributed by atoms with van der Waals surface area (Å²) in [5.41, 5.74) is 0. The summed E-state index contributed by atoms with van der Waals surface area (Å²) >= 11 is 5.36. The second-order valence-electron chi connectivity index (χ2n) is 6.86. The molecule has 0 aromatic rings. The van der Waals surface area contributed by atoms with Crippen molar-refractivity contribution in [1.29, 1.82) is 0 Å². The summed E-state index contributed by atoms with van der Waals surface area (Å²) < 4.78 is 0. The second kappa shape index (κ2) is 7.75. The number of nitrogens with one attached hydrogen (secondary N) is 3. The number of fused-ring (bicyclic) bond motifs is 1. The van der Waals surface area contributed by atoms with E-state index in [0.29, 0.717) is 18.1 Å². The van der Waals surface area contributed by atoms with Crippen LogP contribution >= 0.6 is 12.2 Å². The van der Waals surface area contributed by atoms with Crippen molar-refractivity contribution in [2.75, 3.05) is 26.2 Å². The lowest BCUT2D eigenvalue weighted by Gasteiger charge is -2.43. The predicted molar refractivity (Wildman–Crippen MR) is 91.3 cm³/mol. The van der Waals surface area contributed by atoms with Crippen LogP contribution in [0.25, 0.3) is 0 Å². The van der Waals surface area contributed by atoms with E-state index in [1.807, 2.05) is 0 Å². The van der Waals surface area contributed by atoms with Gasteiger partial charge in [0.2, 0.25) is 0 Å². The number of hydrogen-bond acceptors (Lipinski definition) is 3. The lowest BCUT2D eigenvalue weighted by Crippen LogP contribution is -2.65. The number of likely N-dealkylation sites (tertiary alicyclic amines) is 1. The van der Waals surface area contributed by atoms with E-state index in [1.165, 1.54) is 71.0 Å². The van der Waals surface area contributed by atoms with Crippen molar-refractivity contribution in [3.63, 3.8) is 0 Å². The molecule has 4 nitrogen and oxygen atoms in total. The minimum Gasteiger partial charge on any atom is -0.360 e. The van der Waals surface area contributed by atoms with Crippen LogP contribution in [-0.4, -0.2) is 48.4 Å². The van der Waals surface area contributed by atoms with E-state index in [4.69, 9.17) is 12.2 Å². The highest BCUT2D eigenvalue weighted by molar-refractivity contribution is 7.80. The lowest BCUT2D eigenvalue weighted by molar-refractivity contribution is 0.183. The molecule has 0 amide bonds. The average molecular weight is 311 g/mol. The number of nitrogens with zero attached hydrogens (tertiary/aromatic N) is 1. The molecular formula is C16H30N4S. The van der Waals surface area contributed by atoms with E-state index >= 15 is 0 Å². The van der Waals surface area contributed by atoms with Crippen LogP contribution in [0.2, 0.25) is 0 Å². The summed E-state index contributed by atoms with van der Waals surface area (Å²) in [6.45, 7) is 4.96. The molecule has 0 aromatic carbocycles. The van der Waals surface area contributed by atoms with Crippen molar-refractivity contribution in [3.05, 3.63) is 0 Å². The van der Waals surface area contributed by atoms with Crippen LogP contribution in [0.3, 0.4) is 0 Å². The van der Waals surface area contributed by atoms with Crippen molar-refractivity contribution in [2.45, 2.75) is 63.6 Å². The molecule has 5 heteroatoms. The first-order chi connectivity index (χ1) is 10.3. The van der Waals surface area contributed by atoms with Gasteiger partial charge in [0.05, 0.1) is 6.17 Å². The summed E-state index contributed by atoms with van der Waals surface area (Å²) in [4.78, 5) is 2.62. The monoisotopic (exact) mass is 310 g/mol. The smallest absolute Gasteiger partial charge is 0.167 e. The molecule has 1 aliphatic carbocycles. The van der Waals surface area contributed by atoms with Crippen molar-refractivity contribution in [3.8, 4) is 0 Å². The first-order valence-electron chi connectivity index (χ1n) is 8.86. The van der Waals surface area contributed by atoms with Gasteiger partial charge in [-0.1, -0.05) is 19.3 Å². The Kier molecular flexibility index (Phi) is 5.72. The largest absolute Gasteiger partial charge is 0.360 e. The third-order valence-electron chi connectivity index (χ3n) is 5.31. The van der Waals surface area contributed by atoms with E-state index in [1.54, 1.807) is 0 Å². The van der Waals surface area contributed by atoms with Crippen LogP contribution in [0, 0.1) is 5.92 Å². The van der Waals surface area contributed by atoms with Gasteiger partial charge in [-0.15, -0.1) is 0 Å². The fourth-order valence-electron chi connectivity index (χ4n) is 4.14. The quantitative estimate of drug-likeness (QED) is 0.534. The van der Waals surface area contributed by atoms with Gasteiger partial charge in [-0.2, -0.15) is 0 Å². The van der Waals surface area contributed by atoms with Crippen LogP contribution < -0.4 is 16.0 Å². The number of thiocarbonyl (C=S) groups is 1. The standard InChI is InChI=1S/C16H30N4S/c21-16-18-14-8-3-2-7-13(14)15(19-16)17-9-6-12-20-10-4-1-5-11-20/h13-15,17H,1-12H2,(H2,18,19,21). The third kappa shape index (κ3) is 4.30. The normalized spacial score (nSPS) is 33.9. The van der Waals surface area contributed by atoms with Crippen LogP contribution in [0.5, 0.6) is 0 Å². The topological polar surface area (TPSA) is 39.3 Å². The Hall–Kier alpha value is -0.390. The molecule has 3 rings (SSSR count). The summed E-state index contributed by atoms with van der Waals surface area (Å²) in [5.74, 6) is 0.695. The van der Waals surface area contributed by atoms with E-state index in [-0.39, 0.29) is 0 Å². The zero-order chi connectivity index (χ0) is 14.5. The number of piperidine rings is 1. The molecule has 2 saturated heterocycles. The molecule has 3 unspecified atom stereocenters. The number of hydrogen-bond donors (Lipinski definition) is 3. The molecule has 120 valence electrons. The van der Waals surface area contributed by atoms with Gasteiger partial charge in [0.25, 0.3) is 0 Å². The maximum Gasteiger partial charge on any atom is 0.167 e. The lowest BCUT2D eigenvalue weighted by atomic mass is 9.81. The predicted octanol–water partition coefficient (Wildman–Crippen LogP) is 1.81. The highest BCUT2D eigenvalue weighted by Crippen LogP contribution is 2.28. The van der Waals surface area contributed by atoms with Gasteiger partial charge in [-0.3, -0.25) is 5.32 Å². The maximum atomic E-state index is 5.36. The molecule has 3 aliphatic rings. The summed E-state index contributed by atoms with van der Waals surface area (Å²) in [6.07, 6.45) is 11.1. The Bertz CT molecular complexity index is 343. The van der Waals surface area contributed by atoms with Crippen LogP contribution in [0.1, 0.15) is 51.4 Å². The molecule has 1 saturated carbocycles. The van der Waals surface area contributed by atoms with Crippen LogP contribution in [0.4, 0.5) is 0 Å². The van der Waals surface area contributed by atoms with E-state index in [0.717, 1.165) is 11.7 Å². The second-order valence-corrected chi connectivity index (χ2v) is 7.27. The fourth-order valence-corrected chi connectivity index (χ4v) is 4.42. The van der Waals surface area contributed by atoms with Crippen molar-refractivity contribution >= 4 is 17.3 Å². The van der Waals surface area contributed by atoms with Gasteiger partial charge in [-0.05, 0) is 70.5 Å². The minimum atomic E-state index is 0.380. The summed E-state index contributed by atoms with van der Waals surface area (Å²) in [7, 11) is 0. The van der Waals surface area contributed by atoms with Gasteiger partial charge in [0.15, 0.2) is 5.11 Å². The molecule has 0 bridgehead atoms. The Morgan fingerprint density at radius 2 is 1.86 bits per heavy atom. The molecule has 2 heterocycles. The Balaban J connectivity index is 1.39. The molecule has 0 aromatic heterocycles. The SMILES string of the molecule is S=C1NC2CCCCC2C(NCCCN2CCCCC2)N1.